The van der Waals surface area contributed by atoms with Gasteiger partial charge < -0.3 is 19.3 Å². The number of amides is 1. The van der Waals surface area contributed by atoms with E-state index in [0.717, 1.165) is 30.4 Å². The summed E-state index contributed by atoms with van der Waals surface area (Å²) in [5.41, 5.74) is 0.358. The van der Waals surface area contributed by atoms with Crippen LogP contribution >= 0.6 is 0 Å². The van der Waals surface area contributed by atoms with Crippen LogP contribution in [0.25, 0.3) is 11.3 Å². The fraction of sp³-hybridized carbons (Fsp3) is 0.545. The van der Waals surface area contributed by atoms with Crippen LogP contribution in [0.4, 0.5) is 4.79 Å². The van der Waals surface area contributed by atoms with Crippen molar-refractivity contribution in [2.75, 3.05) is 0 Å². The molecule has 0 aliphatic carbocycles. The lowest BCUT2D eigenvalue weighted by Gasteiger charge is -2.51. The molecular weight excluding hydrogens is 356 g/mol. The van der Waals surface area contributed by atoms with Crippen LogP contribution in [-0.2, 0) is 10.3 Å². The first kappa shape index (κ1) is 19.0. The number of carbonyl (C=O) groups excluding carboxylic acids is 1. The molecule has 28 heavy (non-hydrogen) atoms. The highest BCUT2D eigenvalue weighted by Crippen LogP contribution is 2.45. The number of aromatic nitrogens is 1. The molecule has 3 heterocycles. The molecule has 1 N–H and O–H groups in total. The molecule has 6 nitrogen and oxygen atoms in total. The van der Waals surface area contributed by atoms with Crippen molar-refractivity contribution in [1.29, 1.82) is 0 Å². The van der Waals surface area contributed by atoms with Gasteiger partial charge in [0, 0.05) is 36.6 Å². The molecule has 0 radical (unpaired) electrons. The number of aliphatic hydroxyl groups is 1. The Kier molecular flexibility index (Phi) is 4.70. The van der Waals surface area contributed by atoms with Crippen LogP contribution in [0.5, 0.6) is 0 Å². The Labute approximate surface area is 165 Å². The lowest BCUT2D eigenvalue weighted by Crippen LogP contribution is -2.59. The smallest absolute Gasteiger partial charge is 0.410 e. The van der Waals surface area contributed by atoms with Gasteiger partial charge in [0.05, 0.1) is 11.8 Å². The first-order valence-electron chi connectivity index (χ1n) is 10.0. The number of nitrogens with zero attached hydrogens (tertiary/aromatic N) is 2. The van der Waals surface area contributed by atoms with Gasteiger partial charge in [-0.15, -0.1) is 0 Å². The summed E-state index contributed by atoms with van der Waals surface area (Å²) in [7, 11) is 0. The van der Waals surface area contributed by atoms with Crippen molar-refractivity contribution in [3.05, 3.63) is 42.1 Å². The highest BCUT2D eigenvalue weighted by atomic mass is 16.6. The molecule has 2 aliphatic rings. The van der Waals surface area contributed by atoms with Gasteiger partial charge in [-0.25, -0.2) is 4.79 Å². The largest absolute Gasteiger partial charge is 0.444 e. The van der Waals surface area contributed by atoms with Crippen molar-refractivity contribution in [2.24, 2.45) is 0 Å². The van der Waals surface area contributed by atoms with Crippen LogP contribution in [0.1, 0.15) is 58.4 Å². The topological polar surface area (TPSA) is 75.8 Å². The quantitative estimate of drug-likeness (QED) is 0.826. The summed E-state index contributed by atoms with van der Waals surface area (Å²) in [5.74, 6) is 0.704. The van der Waals surface area contributed by atoms with Gasteiger partial charge in [-0.1, -0.05) is 29.4 Å². The molecule has 2 aromatic rings. The summed E-state index contributed by atoms with van der Waals surface area (Å²) in [6.07, 6.45) is 5.29. The second-order valence-electron chi connectivity index (χ2n) is 9.02. The molecule has 2 atom stereocenters. The summed E-state index contributed by atoms with van der Waals surface area (Å²) in [4.78, 5) is 14.6. The van der Waals surface area contributed by atoms with Gasteiger partial charge in [0.25, 0.3) is 0 Å². The van der Waals surface area contributed by atoms with E-state index in [0.29, 0.717) is 18.6 Å². The Hall–Kier alpha value is -2.34. The van der Waals surface area contributed by atoms with Crippen LogP contribution in [0.2, 0.25) is 0 Å². The van der Waals surface area contributed by atoms with Crippen molar-refractivity contribution in [3.8, 4) is 11.3 Å². The molecule has 2 unspecified atom stereocenters. The highest BCUT2D eigenvalue weighted by molar-refractivity contribution is 5.69. The van der Waals surface area contributed by atoms with Crippen molar-refractivity contribution in [1.82, 2.24) is 10.1 Å². The van der Waals surface area contributed by atoms with Gasteiger partial charge in [0.2, 0.25) is 0 Å². The minimum atomic E-state index is -0.936. The molecule has 1 aromatic heterocycles. The Bertz CT molecular complexity index is 809. The summed E-state index contributed by atoms with van der Waals surface area (Å²) < 4.78 is 10.8. The van der Waals surface area contributed by atoms with Crippen LogP contribution in [0.15, 0.2) is 41.1 Å². The van der Waals surface area contributed by atoms with Gasteiger partial charge in [0.15, 0.2) is 5.76 Å². The maximum Gasteiger partial charge on any atom is 0.410 e. The number of ether oxygens (including phenoxy) is 1. The minimum absolute atomic E-state index is 0.00120. The third-order valence-electron chi connectivity index (χ3n) is 5.76. The van der Waals surface area contributed by atoms with E-state index in [4.69, 9.17) is 9.26 Å². The summed E-state index contributed by atoms with van der Waals surface area (Å²) in [5, 5.41) is 15.2. The van der Waals surface area contributed by atoms with Crippen LogP contribution in [0, 0.1) is 0 Å². The highest BCUT2D eigenvalue weighted by Gasteiger charge is 2.49. The minimum Gasteiger partial charge on any atom is -0.444 e. The van der Waals surface area contributed by atoms with Crippen molar-refractivity contribution < 1.29 is 19.2 Å². The zero-order valence-electron chi connectivity index (χ0n) is 16.7. The zero-order chi connectivity index (χ0) is 19.9. The van der Waals surface area contributed by atoms with Gasteiger partial charge in [-0.2, -0.15) is 0 Å². The van der Waals surface area contributed by atoms with Crippen molar-refractivity contribution in [3.63, 3.8) is 0 Å². The van der Waals surface area contributed by atoms with Gasteiger partial charge >= 0.3 is 6.09 Å². The molecule has 2 bridgehead atoms. The van der Waals surface area contributed by atoms with Crippen molar-refractivity contribution in [2.45, 2.75) is 76.2 Å². The van der Waals surface area contributed by atoms with E-state index in [1.54, 1.807) is 6.20 Å². The predicted molar refractivity (Wildman–Crippen MR) is 105 cm³/mol. The predicted octanol–water partition coefficient (Wildman–Crippen LogP) is 4.48. The van der Waals surface area contributed by atoms with Crippen LogP contribution < -0.4 is 0 Å². The summed E-state index contributed by atoms with van der Waals surface area (Å²) in [6, 6.07) is 9.62. The number of rotatable bonds is 2. The van der Waals surface area contributed by atoms with E-state index in [9.17, 15) is 9.90 Å². The number of hydrogen-bond donors (Lipinski definition) is 1. The molecule has 0 spiro atoms. The van der Waals surface area contributed by atoms with Gasteiger partial charge in [-0.3, -0.25) is 0 Å². The Morgan fingerprint density at radius 3 is 2.36 bits per heavy atom. The molecule has 2 saturated heterocycles. The van der Waals surface area contributed by atoms with E-state index >= 15 is 0 Å². The maximum absolute atomic E-state index is 12.8. The summed E-state index contributed by atoms with van der Waals surface area (Å²) in [6.45, 7) is 5.66. The molecule has 1 amide bonds. The standard InChI is InChI=1S/C22H28N2O4/c1-21(2,3)27-20(25)24-17-5-4-6-18(24)14-22(26,13-17)16-9-7-15(8-10-16)19-11-12-23-28-19/h7-12,17-18,26H,4-6,13-14H2,1-3H3. The Morgan fingerprint density at radius 1 is 1.18 bits per heavy atom. The number of fused-ring (bicyclic) bond motifs is 2. The molecule has 1 aromatic carbocycles. The van der Waals surface area contributed by atoms with Gasteiger partial charge in [-0.05, 0) is 45.6 Å². The van der Waals surface area contributed by atoms with E-state index < -0.39 is 11.2 Å². The lowest BCUT2D eigenvalue weighted by atomic mass is 9.72. The second-order valence-corrected chi connectivity index (χ2v) is 9.02. The van der Waals surface area contributed by atoms with Gasteiger partial charge in [0.1, 0.15) is 5.60 Å². The van der Waals surface area contributed by atoms with Crippen LogP contribution in [-0.4, -0.2) is 38.9 Å². The van der Waals surface area contributed by atoms with Crippen molar-refractivity contribution >= 4 is 6.09 Å². The maximum atomic E-state index is 12.8. The molecule has 4 rings (SSSR count). The monoisotopic (exact) mass is 384 g/mol. The number of benzene rings is 1. The molecular formula is C22H28N2O4. The number of hydrogen-bond acceptors (Lipinski definition) is 5. The fourth-order valence-corrected chi connectivity index (χ4v) is 4.59. The molecule has 150 valence electrons. The van der Waals surface area contributed by atoms with Crippen LogP contribution in [0.3, 0.4) is 0 Å². The Morgan fingerprint density at radius 2 is 1.82 bits per heavy atom. The first-order chi connectivity index (χ1) is 13.3. The van der Waals surface area contributed by atoms with E-state index in [1.807, 2.05) is 56.0 Å². The van der Waals surface area contributed by atoms with E-state index in [2.05, 4.69) is 5.16 Å². The average molecular weight is 384 g/mol. The molecule has 0 saturated carbocycles. The molecule has 6 heteroatoms. The molecule has 2 fully saturated rings. The lowest BCUT2D eigenvalue weighted by molar-refractivity contribution is -0.0965. The van der Waals surface area contributed by atoms with E-state index in [1.165, 1.54) is 0 Å². The molecule has 2 aliphatic heterocycles. The Balaban J connectivity index is 1.55. The third-order valence-corrected chi connectivity index (χ3v) is 5.76. The third kappa shape index (κ3) is 3.65. The average Bonchev–Trinajstić information content (AvgIpc) is 3.14. The zero-order valence-corrected chi connectivity index (χ0v) is 16.7. The van der Waals surface area contributed by atoms with E-state index in [-0.39, 0.29) is 18.2 Å². The SMILES string of the molecule is CC(C)(C)OC(=O)N1C2CCCC1CC(O)(c1ccc(-c3ccno3)cc1)C2. The normalized spacial score (nSPS) is 27.5. The number of piperidine rings is 2. The summed E-state index contributed by atoms with van der Waals surface area (Å²) >= 11 is 0. The fourth-order valence-electron chi connectivity index (χ4n) is 4.59. The first-order valence-corrected chi connectivity index (χ1v) is 10.0. The number of carbonyl (C=O) groups is 1. The second kappa shape index (κ2) is 6.92.